The minimum atomic E-state index is -0.423. The van der Waals surface area contributed by atoms with Gasteiger partial charge >= 0.3 is 0 Å². The normalized spacial score (nSPS) is 10.8. The molecule has 0 aliphatic carbocycles. The fourth-order valence-corrected chi connectivity index (χ4v) is 2.22. The fraction of sp³-hybridized carbons (Fsp3) is 0.0526. The summed E-state index contributed by atoms with van der Waals surface area (Å²) in [4.78, 5) is 11.7. The highest BCUT2D eigenvalue weighted by Gasteiger charge is 2.05. The van der Waals surface area contributed by atoms with Gasteiger partial charge in [0.15, 0.2) is 6.61 Å². The van der Waals surface area contributed by atoms with E-state index in [1.807, 2.05) is 0 Å². The van der Waals surface area contributed by atoms with Crippen molar-refractivity contribution in [3.63, 3.8) is 0 Å². The summed E-state index contributed by atoms with van der Waals surface area (Å²) in [6, 6.07) is 16.1. The van der Waals surface area contributed by atoms with E-state index in [2.05, 4.69) is 10.5 Å². The minimum absolute atomic E-state index is 0.189. The zero-order valence-corrected chi connectivity index (χ0v) is 14.2. The van der Waals surface area contributed by atoms with Gasteiger partial charge in [-0.2, -0.15) is 5.10 Å². The Morgan fingerprint density at radius 1 is 1.19 bits per heavy atom. The van der Waals surface area contributed by atoms with Gasteiger partial charge in [0.25, 0.3) is 5.91 Å². The van der Waals surface area contributed by atoms with Crippen molar-refractivity contribution in [2.75, 3.05) is 6.61 Å². The second-order valence-corrected chi connectivity index (χ2v) is 5.68. The second-order valence-electron chi connectivity index (χ2n) is 5.25. The monoisotopic (exact) mass is 372 g/mol. The van der Waals surface area contributed by atoms with E-state index in [9.17, 15) is 9.18 Å². The number of amides is 1. The molecule has 0 saturated heterocycles. The lowest BCUT2D eigenvalue weighted by molar-refractivity contribution is -0.123. The third kappa shape index (κ3) is 4.94. The molecule has 3 aromatic rings. The average molecular weight is 373 g/mol. The van der Waals surface area contributed by atoms with Crippen LogP contribution in [0.3, 0.4) is 0 Å². The second kappa shape index (κ2) is 8.31. The number of rotatable bonds is 6. The van der Waals surface area contributed by atoms with Crippen LogP contribution in [0.2, 0.25) is 5.02 Å². The van der Waals surface area contributed by atoms with Gasteiger partial charge in [-0.1, -0.05) is 23.7 Å². The Labute approximate surface area is 154 Å². The summed E-state index contributed by atoms with van der Waals surface area (Å²) in [5, 5.41) is 4.38. The van der Waals surface area contributed by atoms with E-state index in [0.29, 0.717) is 27.9 Å². The first kappa shape index (κ1) is 17.7. The predicted molar refractivity (Wildman–Crippen MR) is 96.8 cm³/mol. The molecule has 2 aromatic carbocycles. The number of carbonyl (C=O) groups excluding carboxylic acids is 1. The Morgan fingerprint density at radius 2 is 2.00 bits per heavy atom. The fourth-order valence-electron chi connectivity index (χ4n) is 2.10. The average Bonchev–Trinajstić information content (AvgIpc) is 3.10. The number of benzene rings is 2. The van der Waals surface area contributed by atoms with Crippen molar-refractivity contribution < 1.29 is 18.3 Å². The summed E-state index contributed by atoms with van der Waals surface area (Å²) >= 11 is 5.77. The lowest BCUT2D eigenvalue weighted by atomic mass is 10.2. The number of nitrogens with one attached hydrogen (secondary N) is 1. The lowest BCUT2D eigenvalue weighted by Gasteiger charge is -2.04. The molecule has 0 aliphatic rings. The number of nitrogens with zero attached hydrogens (tertiary/aromatic N) is 1. The van der Waals surface area contributed by atoms with Gasteiger partial charge in [0.1, 0.15) is 23.1 Å². The number of hydrogen-bond donors (Lipinski definition) is 1. The largest absolute Gasteiger partial charge is 0.484 e. The molecule has 1 amide bonds. The maximum Gasteiger partial charge on any atom is 0.277 e. The van der Waals surface area contributed by atoms with Gasteiger partial charge in [0.2, 0.25) is 0 Å². The third-order valence-corrected chi connectivity index (χ3v) is 3.55. The molecule has 1 heterocycles. The van der Waals surface area contributed by atoms with Gasteiger partial charge < -0.3 is 9.15 Å². The number of hydrogen-bond acceptors (Lipinski definition) is 4. The Bertz CT molecular complexity index is 923. The summed E-state index contributed by atoms with van der Waals surface area (Å²) in [5.41, 5.74) is 2.95. The van der Waals surface area contributed by atoms with Crippen LogP contribution in [0, 0.1) is 5.82 Å². The van der Waals surface area contributed by atoms with Crippen molar-refractivity contribution in [3.8, 4) is 17.1 Å². The summed E-state index contributed by atoms with van der Waals surface area (Å²) < 4.78 is 24.1. The van der Waals surface area contributed by atoms with Crippen LogP contribution in [0.25, 0.3) is 11.3 Å². The SMILES string of the molecule is O=C(COc1ccc(Cl)cc1)N/N=C\c1ccc(-c2cccc(F)c2)o1. The quantitative estimate of drug-likeness (QED) is 0.519. The van der Waals surface area contributed by atoms with E-state index in [1.165, 1.54) is 18.3 Å². The molecular weight excluding hydrogens is 359 g/mol. The number of ether oxygens (including phenoxy) is 1. The van der Waals surface area contributed by atoms with E-state index < -0.39 is 5.91 Å². The smallest absolute Gasteiger partial charge is 0.277 e. The van der Waals surface area contributed by atoms with Crippen LogP contribution in [0.4, 0.5) is 4.39 Å². The first-order chi connectivity index (χ1) is 12.6. The summed E-state index contributed by atoms with van der Waals surface area (Å²) in [7, 11) is 0. The molecule has 26 heavy (non-hydrogen) atoms. The van der Waals surface area contributed by atoms with Gasteiger partial charge in [0, 0.05) is 10.6 Å². The zero-order valence-electron chi connectivity index (χ0n) is 13.5. The molecule has 0 atom stereocenters. The molecule has 1 aromatic heterocycles. The van der Waals surface area contributed by atoms with E-state index in [1.54, 1.807) is 48.5 Å². The van der Waals surface area contributed by atoms with Gasteiger partial charge in [-0.3, -0.25) is 4.79 Å². The molecule has 0 bridgehead atoms. The van der Waals surface area contributed by atoms with Gasteiger partial charge in [-0.15, -0.1) is 0 Å². The number of carbonyl (C=O) groups is 1. The van der Waals surface area contributed by atoms with Crippen molar-refractivity contribution in [1.29, 1.82) is 0 Å². The Morgan fingerprint density at radius 3 is 2.77 bits per heavy atom. The third-order valence-electron chi connectivity index (χ3n) is 3.30. The van der Waals surface area contributed by atoms with E-state index in [0.717, 1.165) is 0 Å². The van der Waals surface area contributed by atoms with Gasteiger partial charge in [0.05, 0.1) is 6.21 Å². The molecule has 5 nitrogen and oxygen atoms in total. The standard InChI is InChI=1S/C19H14ClFN2O3/c20-14-4-6-16(7-5-14)25-12-19(24)23-22-11-17-8-9-18(26-17)13-2-1-3-15(21)10-13/h1-11H,12H2,(H,23,24)/b22-11-. The van der Waals surface area contributed by atoms with Crippen molar-refractivity contribution in [2.24, 2.45) is 5.10 Å². The van der Waals surface area contributed by atoms with E-state index >= 15 is 0 Å². The summed E-state index contributed by atoms with van der Waals surface area (Å²) in [6.45, 7) is -0.189. The first-order valence-electron chi connectivity index (χ1n) is 7.66. The Balaban J connectivity index is 1.50. The number of hydrazone groups is 1. The van der Waals surface area contributed by atoms with Gasteiger partial charge in [-0.05, 0) is 48.5 Å². The van der Waals surface area contributed by atoms with Crippen molar-refractivity contribution in [3.05, 3.63) is 77.3 Å². The predicted octanol–water partition coefficient (Wildman–Crippen LogP) is 4.27. The van der Waals surface area contributed by atoms with Crippen LogP contribution < -0.4 is 10.2 Å². The van der Waals surface area contributed by atoms with Crippen molar-refractivity contribution in [2.45, 2.75) is 0 Å². The molecule has 0 saturated carbocycles. The highest BCUT2D eigenvalue weighted by Crippen LogP contribution is 2.22. The highest BCUT2D eigenvalue weighted by atomic mass is 35.5. The van der Waals surface area contributed by atoms with Crippen molar-refractivity contribution >= 4 is 23.7 Å². The Hall–Kier alpha value is -3.12. The highest BCUT2D eigenvalue weighted by molar-refractivity contribution is 6.30. The topological polar surface area (TPSA) is 63.8 Å². The molecule has 0 radical (unpaired) electrons. The minimum Gasteiger partial charge on any atom is -0.484 e. The summed E-state index contributed by atoms with van der Waals surface area (Å²) in [5.74, 6) is 0.681. The lowest BCUT2D eigenvalue weighted by Crippen LogP contribution is -2.24. The van der Waals surface area contributed by atoms with Gasteiger partial charge in [-0.25, -0.2) is 9.82 Å². The molecule has 0 fully saturated rings. The van der Waals surface area contributed by atoms with Crippen LogP contribution in [-0.4, -0.2) is 18.7 Å². The molecular formula is C19H14ClFN2O3. The molecule has 0 spiro atoms. The molecule has 132 valence electrons. The molecule has 7 heteroatoms. The molecule has 0 aliphatic heterocycles. The maximum atomic E-state index is 13.2. The number of furan rings is 1. The molecule has 0 unspecified atom stereocenters. The maximum absolute atomic E-state index is 13.2. The Kier molecular flexibility index (Phi) is 5.66. The van der Waals surface area contributed by atoms with Crippen LogP contribution in [0.15, 0.2) is 70.2 Å². The molecule has 1 N–H and O–H groups in total. The number of halogens is 2. The first-order valence-corrected chi connectivity index (χ1v) is 8.04. The molecule has 3 rings (SSSR count). The van der Waals surface area contributed by atoms with E-state index in [4.69, 9.17) is 20.8 Å². The summed E-state index contributed by atoms with van der Waals surface area (Å²) in [6.07, 6.45) is 1.35. The van der Waals surface area contributed by atoms with Crippen LogP contribution >= 0.6 is 11.6 Å². The van der Waals surface area contributed by atoms with Crippen molar-refractivity contribution in [1.82, 2.24) is 5.43 Å². The van der Waals surface area contributed by atoms with Crippen LogP contribution in [0.5, 0.6) is 5.75 Å². The van der Waals surface area contributed by atoms with E-state index in [-0.39, 0.29) is 12.4 Å². The van der Waals surface area contributed by atoms with Crippen LogP contribution in [-0.2, 0) is 4.79 Å². The van der Waals surface area contributed by atoms with Crippen LogP contribution in [0.1, 0.15) is 5.76 Å². The zero-order chi connectivity index (χ0) is 18.4.